The van der Waals surface area contributed by atoms with Crippen LogP contribution >= 0.6 is 11.6 Å². The van der Waals surface area contributed by atoms with Crippen molar-refractivity contribution in [3.05, 3.63) is 76.2 Å². The highest BCUT2D eigenvalue weighted by atomic mass is 35.5. The lowest BCUT2D eigenvalue weighted by Gasteiger charge is -2.26. The zero-order valence-corrected chi connectivity index (χ0v) is 14.0. The molecule has 1 aliphatic heterocycles. The van der Waals surface area contributed by atoms with E-state index in [9.17, 15) is 9.18 Å². The molecule has 2 heterocycles. The van der Waals surface area contributed by atoms with Gasteiger partial charge in [0.25, 0.3) is 5.91 Å². The standard InChI is InChI=1S/C19H14ClFN2O2/c20-16-4-2-1-3-14(16)19(24)23-10-9-17-15(11-23)18(25-22-17)12-5-7-13(21)8-6-12/h1-8H,9-11H2. The summed E-state index contributed by atoms with van der Waals surface area (Å²) < 4.78 is 18.6. The molecule has 0 saturated heterocycles. The van der Waals surface area contributed by atoms with Crippen molar-refractivity contribution in [3.63, 3.8) is 0 Å². The summed E-state index contributed by atoms with van der Waals surface area (Å²) in [5.41, 5.74) is 2.91. The number of nitrogens with zero attached hydrogens (tertiary/aromatic N) is 2. The molecule has 0 N–H and O–H groups in total. The number of fused-ring (bicyclic) bond motifs is 1. The third kappa shape index (κ3) is 2.91. The first kappa shape index (κ1) is 15.8. The first-order chi connectivity index (χ1) is 12.1. The topological polar surface area (TPSA) is 46.3 Å². The molecule has 1 aliphatic rings. The van der Waals surface area contributed by atoms with Crippen LogP contribution in [-0.4, -0.2) is 22.5 Å². The van der Waals surface area contributed by atoms with Gasteiger partial charge in [-0.3, -0.25) is 4.79 Å². The minimum absolute atomic E-state index is 0.123. The van der Waals surface area contributed by atoms with Crippen LogP contribution < -0.4 is 0 Å². The van der Waals surface area contributed by atoms with Crippen LogP contribution in [0, 0.1) is 5.82 Å². The van der Waals surface area contributed by atoms with Crippen LogP contribution in [-0.2, 0) is 13.0 Å². The number of carbonyl (C=O) groups excluding carboxylic acids is 1. The molecule has 3 aromatic rings. The van der Waals surface area contributed by atoms with Gasteiger partial charge in [0.15, 0.2) is 5.76 Å². The SMILES string of the molecule is O=C(c1ccccc1Cl)N1CCc2noc(-c3ccc(F)cc3)c2C1. The summed E-state index contributed by atoms with van der Waals surface area (Å²) in [6, 6.07) is 13.0. The van der Waals surface area contributed by atoms with Gasteiger partial charge in [0.1, 0.15) is 5.82 Å². The molecule has 0 aliphatic carbocycles. The zero-order valence-electron chi connectivity index (χ0n) is 13.2. The van der Waals surface area contributed by atoms with Crippen molar-refractivity contribution in [1.29, 1.82) is 0 Å². The van der Waals surface area contributed by atoms with E-state index in [4.69, 9.17) is 16.1 Å². The fourth-order valence-corrected chi connectivity index (χ4v) is 3.24. The van der Waals surface area contributed by atoms with E-state index < -0.39 is 0 Å². The van der Waals surface area contributed by atoms with Crippen LogP contribution in [0.1, 0.15) is 21.6 Å². The highest BCUT2D eigenvalue weighted by Crippen LogP contribution is 2.31. The van der Waals surface area contributed by atoms with Crippen molar-refractivity contribution < 1.29 is 13.7 Å². The van der Waals surface area contributed by atoms with Gasteiger partial charge in [-0.05, 0) is 36.4 Å². The van der Waals surface area contributed by atoms with Crippen LogP contribution in [0.3, 0.4) is 0 Å². The van der Waals surface area contributed by atoms with Gasteiger partial charge in [0, 0.05) is 24.1 Å². The van der Waals surface area contributed by atoms with E-state index in [2.05, 4.69) is 5.16 Å². The van der Waals surface area contributed by atoms with Crippen LogP contribution in [0.15, 0.2) is 53.1 Å². The monoisotopic (exact) mass is 356 g/mol. The molecule has 126 valence electrons. The average molecular weight is 357 g/mol. The van der Waals surface area contributed by atoms with Crippen molar-refractivity contribution in [2.75, 3.05) is 6.54 Å². The molecule has 4 rings (SSSR count). The Balaban J connectivity index is 1.65. The predicted molar refractivity (Wildman–Crippen MR) is 91.8 cm³/mol. The average Bonchev–Trinajstić information content (AvgIpc) is 3.05. The van der Waals surface area contributed by atoms with E-state index in [0.29, 0.717) is 35.9 Å². The van der Waals surface area contributed by atoms with E-state index in [1.165, 1.54) is 12.1 Å². The quantitative estimate of drug-likeness (QED) is 0.686. The van der Waals surface area contributed by atoms with E-state index in [-0.39, 0.29) is 11.7 Å². The summed E-state index contributed by atoms with van der Waals surface area (Å²) >= 11 is 6.15. The third-order valence-corrected chi connectivity index (χ3v) is 4.66. The fraction of sp³-hybridized carbons (Fsp3) is 0.158. The Bertz CT molecular complexity index is 937. The molecular weight excluding hydrogens is 343 g/mol. The molecular formula is C19H14ClFN2O2. The van der Waals surface area contributed by atoms with Gasteiger partial charge in [0.05, 0.1) is 22.8 Å². The number of rotatable bonds is 2. The summed E-state index contributed by atoms with van der Waals surface area (Å²) in [7, 11) is 0. The molecule has 1 amide bonds. The van der Waals surface area contributed by atoms with Gasteiger partial charge in [-0.1, -0.05) is 28.9 Å². The molecule has 1 aromatic heterocycles. The minimum atomic E-state index is -0.312. The van der Waals surface area contributed by atoms with Crippen molar-refractivity contribution in [1.82, 2.24) is 10.1 Å². The number of halogens is 2. The lowest BCUT2D eigenvalue weighted by Crippen LogP contribution is -2.36. The van der Waals surface area contributed by atoms with Crippen molar-refractivity contribution in [2.24, 2.45) is 0 Å². The van der Waals surface area contributed by atoms with E-state index in [1.54, 1.807) is 41.3 Å². The Morgan fingerprint density at radius 1 is 1.16 bits per heavy atom. The molecule has 0 fully saturated rings. The Labute approximate surface area is 148 Å². The Morgan fingerprint density at radius 3 is 2.68 bits per heavy atom. The summed E-state index contributed by atoms with van der Waals surface area (Å²) in [5, 5.41) is 4.54. The highest BCUT2D eigenvalue weighted by Gasteiger charge is 2.28. The molecule has 6 heteroatoms. The maximum absolute atomic E-state index is 13.1. The summed E-state index contributed by atoms with van der Waals surface area (Å²) in [5.74, 6) is 0.141. The van der Waals surface area contributed by atoms with Gasteiger partial charge >= 0.3 is 0 Å². The lowest BCUT2D eigenvalue weighted by molar-refractivity contribution is 0.0735. The smallest absolute Gasteiger partial charge is 0.255 e. The number of carbonyl (C=O) groups is 1. The van der Waals surface area contributed by atoms with Crippen molar-refractivity contribution in [3.8, 4) is 11.3 Å². The highest BCUT2D eigenvalue weighted by molar-refractivity contribution is 6.33. The number of benzene rings is 2. The molecule has 4 nitrogen and oxygen atoms in total. The van der Waals surface area contributed by atoms with E-state index in [0.717, 1.165) is 16.8 Å². The van der Waals surface area contributed by atoms with Crippen LogP contribution in [0.5, 0.6) is 0 Å². The van der Waals surface area contributed by atoms with Crippen molar-refractivity contribution in [2.45, 2.75) is 13.0 Å². The summed E-state index contributed by atoms with van der Waals surface area (Å²) in [6.07, 6.45) is 0.607. The number of aromatic nitrogens is 1. The normalized spacial score (nSPS) is 13.6. The Morgan fingerprint density at radius 2 is 1.92 bits per heavy atom. The van der Waals surface area contributed by atoms with Crippen molar-refractivity contribution >= 4 is 17.5 Å². The van der Waals surface area contributed by atoms with E-state index in [1.807, 2.05) is 0 Å². The number of hydrogen-bond donors (Lipinski definition) is 0. The third-order valence-electron chi connectivity index (χ3n) is 4.33. The molecule has 0 atom stereocenters. The van der Waals surface area contributed by atoms with Gasteiger partial charge in [-0.25, -0.2) is 4.39 Å². The molecule has 0 spiro atoms. The largest absolute Gasteiger partial charge is 0.356 e. The maximum atomic E-state index is 13.1. The molecule has 2 aromatic carbocycles. The molecule has 0 radical (unpaired) electrons. The van der Waals surface area contributed by atoms with Gasteiger partial charge in [-0.15, -0.1) is 0 Å². The second-order valence-electron chi connectivity index (χ2n) is 5.90. The Hall–Kier alpha value is -2.66. The van der Waals surface area contributed by atoms with Gasteiger partial charge in [-0.2, -0.15) is 0 Å². The molecule has 0 unspecified atom stereocenters. The van der Waals surface area contributed by atoms with Crippen LogP contribution in [0.4, 0.5) is 4.39 Å². The first-order valence-corrected chi connectivity index (χ1v) is 8.28. The predicted octanol–water partition coefficient (Wildman–Crippen LogP) is 4.33. The first-order valence-electron chi connectivity index (χ1n) is 7.90. The number of hydrogen-bond acceptors (Lipinski definition) is 3. The maximum Gasteiger partial charge on any atom is 0.255 e. The fourth-order valence-electron chi connectivity index (χ4n) is 3.02. The molecule has 25 heavy (non-hydrogen) atoms. The summed E-state index contributed by atoms with van der Waals surface area (Å²) in [6.45, 7) is 0.933. The van der Waals surface area contributed by atoms with Crippen LogP contribution in [0.2, 0.25) is 5.02 Å². The Kier molecular flexibility index (Phi) is 4.01. The summed E-state index contributed by atoms with van der Waals surface area (Å²) in [4.78, 5) is 14.5. The second-order valence-corrected chi connectivity index (χ2v) is 6.31. The zero-order chi connectivity index (χ0) is 17.4. The van der Waals surface area contributed by atoms with Gasteiger partial charge < -0.3 is 9.42 Å². The molecule has 0 bridgehead atoms. The van der Waals surface area contributed by atoms with E-state index >= 15 is 0 Å². The van der Waals surface area contributed by atoms with Gasteiger partial charge in [0.2, 0.25) is 0 Å². The molecule has 0 saturated carbocycles. The lowest BCUT2D eigenvalue weighted by atomic mass is 10.0. The van der Waals surface area contributed by atoms with Crippen LogP contribution in [0.25, 0.3) is 11.3 Å². The minimum Gasteiger partial charge on any atom is -0.356 e. The number of amides is 1. The second kappa shape index (κ2) is 6.33.